The topological polar surface area (TPSA) is 127 Å². The lowest BCUT2D eigenvalue weighted by atomic mass is 9.99. The predicted molar refractivity (Wildman–Crippen MR) is 80.8 cm³/mol. The average molecular weight is 349 g/mol. The highest BCUT2D eigenvalue weighted by Crippen LogP contribution is 2.28. The number of hydrogen-bond acceptors (Lipinski definition) is 8. The second-order valence-electron chi connectivity index (χ2n) is 6.26. The highest BCUT2D eigenvalue weighted by atomic mass is 16.7. The molecule has 2 fully saturated rings. The first-order chi connectivity index (χ1) is 11.3. The number of carbonyl (C=O) groups excluding carboxylic acids is 1. The molecule has 1 amide bonds. The van der Waals surface area contributed by atoms with Gasteiger partial charge in [0.15, 0.2) is 12.6 Å². The largest absolute Gasteiger partial charge is 0.394 e. The molecule has 0 aliphatic carbocycles. The zero-order valence-electron chi connectivity index (χ0n) is 14.1. The Morgan fingerprint density at radius 1 is 1.21 bits per heavy atom. The molecule has 2 rings (SSSR count). The Kier molecular flexibility index (Phi) is 6.93. The molecule has 0 aromatic heterocycles. The summed E-state index contributed by atoms with van der Waals surface area (Å²) in [5.74, 6) is -0.282. The van der Waals surface area contributed by atoms with Gasteiger partial charge in [0.1, 0.15) is 12.1 Å². The summed E-state index contributed by atoms with van der Waals surface area (Å²) in [6.07, 6.45) is -4.66. The smallest absolute Gasteiger partial charge is 0.217 e. The van der Waals surface area contributed by atoms with Crippen molar-refractivity contribution < 1.29 is 39.1 Å². The molecule has 2 heterocycles. The molecule has 2 aliphatic rings. The van der Waals surface area contributed by atoms with Gasteiger partial charge in [-0.15, -0.1) is 0 Å². The van der Waals surface area contributed by atoms with Crippen LogP contribution in [0.2, 0.25) is 0 Å². The normalized spacial score (nSPS) is 43.4. The van der Waals surface area contributed by atoms with Crippen molar-refractivity contribution in [2.24, 2.45) is 0 Å². The van der Waals surface area contributed by atoms with Crippen LogP contribution in [-0.4, -0.2) is 84.1 Å². The van der Waals surface area contributed by atoms with Crippen LogP contribution in [0.3, 0.4) is 0 Å². The average Bonchev–Trinajstić information content (AvgIpc) is 2.53. The van der Waals surface area contributed by atoms with E-state index < -0.39 is 49.1 Å². The second kappa shape index (κ2) is 8.52. The van der Waals surface area contributed by atoms with Gasteiger partial charge in [-0.2, -0.15) is 0 Å². The maximum absolute atomic E-state index is 11.5. The Morgan fingerprint density at radius 2 is 1.92 bits per heavy atom. The second-order valence-corrected chi connectivity index (χ2v) is 6.26. The summed E-state index contributed by atoms with van der Waals surface area (Å²) in [4.78, 5) is 11.5. The van der Waals surface area contributed by atoms with E-state index in [1.54, 1.807) is 6.92 Å². The van der Waals surface area contributed by atoms with Crippen molar-refractivity contribution in [1.29, 1.82) is 0 Å². The fourth-order valence-corrected chi connectivity index (χ4v) is 3.00. The molecule has 9 nitrogen and oxygen atoms in total. The summed E-state index contributed by atoms with van der Waals surface area (Å²) < 4.78 is 22.2. The van der Waals surface area contributed by atoms with Crippen LogP contribution in [0.5, 0.6) is 0 Å². The minimum Gasteiger partial charge on any atom is -0.394 e. The number of methoxy groups -OCH3 is 1. The van der Waals surface area contributed by atoms with Gasteiger partial charge >= 0.3 is 0 Å². The van der Waals surface area contributed by atoms with E-state index in [0.717, 1.165) is 0 Å². The number of carbonyl (C=O) groups is 1. The molecule has 2 aliphatic heterocycles. The lowest BCUT2D eigenvalue weighted by molar-refractivity contribution is -0.304. The first-order valence-corrected chi connectivity index (χ1v) is 8.09. The lowest BCUT2D eigenvalue weighted by Gasteiger charge is -2.44. The minimum atomic E-state index is -0.995. The van der Waals surface area contributed by atoms with E-state index >= 15 is 0 Å². The molecule has 4 N–H and O–H groups in total. The van der Waals surface area contributed by atoms with Crippen LogP contribution >= 0.6 is 0 Å². The third-order valence-electron chi connectivity index (χ3n) is 4.32. The molecule has 0 aromatic carbocycles. The molecule has 24 heavy (non-hydrogen) atoms. The summed E-state index contributed by atoms with van der Waals surface area (Å²) in [6.45, 7) is 2.83. The third-order valence-corrected chi connectivity index (χ3v) is 4.32. The van der Waals surface area contributed by atoms with Crippen LogP contribution < -0.4 is 5.32 Å². The molecule has 0 spiro atoms. The lowest BCUT2D eigenvalue weighted by Crippen LogP contribution is -2.60. The van der Waals surface area contributed by atoms with Crippen LogP contribution in [0, 0.1) is 0 Å². The Balaban J connectivity index is 2.11. The number of amides is 1. The van der Waals surface area contributed by atoms with Gasteiger partial charge in [-0.05, 0) is 6.92 Å². The first kappa shape index (κ1) is 19.5. The van der Waals surface area contributed by atoms with Crippen LogP contribution in [-0.2, 0) is 23.7 Å². The SMILES string of the molecule is CO[C@@H]1O[C@H](CO)C[C@H](O[C@@H]2O[C@H](C)[C@@H](O)C[C@@H]2O)[C@H]1NC(C)=O. The van der Waals surface area contributed by atoms with Crippen molar-refractivity contribution >= 4 is 5.91 Å². The summed E-state index contributed by atoms with van der Waals surface area (Å²) in [5, 5.41) is 31.9. The number of hydrogen-bond donors (Lipinski definition) is 4. The van der Waals surface area contributed by atoms with Crippen molar-refractivity contribution in [3.63, 3.8) is 0 Å². The highest BCUT2D eigenvalue weighted by molar-refractivity contribution is 5.73. The van der Waals surface area contributed by atoms with Gasteiger partial charge in [-0.25, -0.2) is 0 Å². The molecular weight excluding hydrogens is 322 g/mol. The van der Waals surface area contributed by atoms with Gasteiger partial charge in [-0.1, -0.05) is 0 Å². The molecular formula is C15H27NO8. The number of aliphatic hydroxyl groups is 3. The van der Waals surface area contributed by atoms with Crippen molar-refractivity contribution in [3.05, 3.63) is 0 Å². The van der Waals surface area contributed by atoms with Gasteiger partial charge in [0.25, 0.3) is 0 Å². The molecule has 0 aromatic rings. The van der Waals surface area contributed by atoms with E-state index in [1.807, 2.05) is 0 Å². The summed E-state index contributed by atoms with van der Waals surface area (Å²) in [5.41, 5.74) is 0. The molecule has 0 bridgehead atoms. The van der Waals surface area contributed by atoms with Gasteiger partial charge < -0.3 is 39.6 Å². The molecule has 8 atom stereocenters. The Morgan fingerprint density at radius 3 is 2.50 bits per heavy atom. The summed E-state index contributed by atoms with van der Waals surface area (Å²) >= 11 is 0. The molecule has 140 valence electrons. The highest BCUT2D eigenvalue weighted by Gasteiger charge is 2.44. The standard InChI is InChI=1S/C15H27NO8/c1-7-10(19)5-11(20)14(22-7)24-12-4-9(6-17)23-15(21-3)13(12)16-8(2)18/h7,9-15,17,19-20H,4-6H2,1-3H3,(H,16,18)/t7-,9+,10+,11+,12+,13-,14+,15-/m1/s1. The van der Waals surface area contributed by atoms with E-state index in [1.165, 1.54) is 14.0 Å². The van der Waals surface area contributed by atoms with Crippen molar-refractivity contribution in [1.82, 2.24) is 5.32 Å². The maximum Gasteiger partial charge on any atom is 0.217 e. The fourth-order valence-electron chi connectivity index (χ4n) is 3.00. The third kappa shape index (κ3) is 4.63. The Hall–Kier alpha value is -0.810. The zero-order valence-corrected chi connectivity index (χ0v) is 14.1. The van der Waals surface area contributed by atoms with Crippen molar-refractivity contribution in [3.8, 4) is 0 Å². The van der Waals surface area contributed by atoms with E-state index in [-0.39, 0.29) is 18.9 Å². The van der Waals surface area contributed by atoms with Crippen LogP contribution in [0.25, 0.3) is 0 Å². The summed E-state index contributed by atoms with van der Waals surface area (Å²) in [7, 11) is 1.43. The Labute approximate surface area is 140 Å². The fraction of sp³-hybridized carbons (Fsp3) is 0.933. The van der Waals surface area contributed by atoms with Gasteiger partial charge in [0.05, 0.1) is 31.0 Å². The zero-order chi connectivity index (χ0) is 17.9. The quantitative estimate of drug-likeness (QED) is 0.472. The van der Waals surface area contributed by atoms with Gasteiger partial charge in [0, 0.05) is 26.9 Å². The predicted octanol–water partition coefficient (Wildman–Crippen LogP) is -1.51. The van der Waals surface area contributed by atoms with Gasteiger partial charge in [0.2, 0.25) is 5.91 Å². The first-order valence-electron chi connectivity index (χ1n) is 8.09. The molecule has 0 unspecified atom stereocenters. The van der Waals surface area contributed by atoms with Crippen molar-refractivity contribution in [2.45, 2.75) is 75.8 Å². The minimum absolute atomic E-state index is 0.136. The monoisotopic (exact) mass is 349 g/mol. The van der Waals surface area contributed by atoms with Crippen LogP contribution in [0.15, 0.2) is 0 Å². The molecule has 2 saturated heterocycles. The number of aliphatic hydroxyl groups excluding tert-OH is 3. The maximum atomic E-state index is 11.5. The van der Waals surface area contributed by atoms with Gasteiger partial charge in [-0.3, -0.25) is 4.79 Å². The molecule has 9 heteroatoms. The van der Waals surface area contributed by atoms with E-state index in [9.17, 15) is 20.1 Å². The van der Waals surface area contributed by atoms with Crippen LogP contribution in [0.4, 0.5) is 0 Å². The Bertz CT molecular complexity index is 422. The molecule has 0 radical (unpaired) electrons. The summed E-state index contributed by atoms with van der Waals surface area (Å²) in [6, 6.07) is -0.617. The van der Waals surface area contributed by atoms with E-state index in [0.29, 0.717) is 6.42 Å². The number of nitrogens with one attached hydrogen (secondary N) is 1. The van der Waals surface area contributed by atoms with Crippen LogP contribution in [0.1, 0.15) is 26.7 Å². The van der Waals surface area contributed by atoms with Crippen molar-refractivity contribution in [2.75, 3.05) is 13.7 Å². The van der Waals surface area contributed by atoms with E-state index in [2.05, 4.69) is 5.32 Å². The number of rotatable bonds is 5. The van der Waals surface area contributed by atoms with E-state index in [4.69, 9.17) is 18.9 Å². The number of ether oxygens (including phenoxy) is 4. The molecule has 0 saturated carbocycles.